The molecule has 9 heteroatoms. The predicted octanol–water partition coefficient (Wildman–Crippen LogP) is 3.16. The molecular weight excluding hydrogens is 405 g/mol. The molecule has 28 heavy (non-hydrogen) atoms. The summed E-state index contributed by atoms with van der Waals surface area (Å²) in [6.07, 6.45) is 2.08. The van der Waals surface area contributed by atoms with Gasteiger partial charge in [0.2, 0.25) is 0 Å². The molecule has 2 aliphatic rings. The van der Waals surface area contributed by atoms with Crippen molar-refractivity contribution in [1.82, 2.24) is 9.88 Å². The van der Waals surface area contributed by atoms with Gasteiger partial charge in [-0.05, 0) is 30.0 Å². The average molecular weight is 430 g/mol. The van der Waals surface area contributed by atoms with Crippen molar-refractivity contribution in [2.45, 2.75) is 26.3 Å². The summed E-state index contributed by atoms with van der Waals surface area (Å²) in [6.45, 7) is 6.42. The maximum atomic E-state index is 13.0. The Morgan fingerprint density at radius 2 is 1.93 bits per heavy atom. The number of carbonyl (C=O) groups excluding carboxylic acids is 1. The highest BCUT2D eigenvalue weighted by molar-refractivity contribution is 5.97. The maximum absolute atomic E-state index is 13.0. The Morgan fingerprint density at radius 3 is 2.64 bits per heavy atom. The van der Waals surface area contributed by atoms with Crippen LogP contribution < -0.4 is 15.2 Å². The molecule has 0 radical (unpaired) electrons. The Labute approximate surface area is 176 Å². The van der Waals surface area contributed by atoms with Gasteiger partial charge >= 0.3 is 0 Å². The van der Waals surface area contributed by atoms with Crippen LogP contribution in [0.4, 0.5) is 0 Å². The molecule has 154 valence electrons. The molecular formula is C19H25Cl2N3O4. The molecule has 1 aromatic heterocycles. The van der Waals surface area contributed by atoms with Crippen molar-refractivity contribution < 1.29 is 18.7 Å². The predicted molar refractivity (Wildman–Crippen MR) is 110 cm³/mol. The molecule has 1 atom stereocenters. The van der Waals surface area contributed by atoms with Crippen LogP contribution >= 0.6 is 24.8 Å². The Balaban J connectivity index is 0.00000140. The largest absolute Gasteiger partial charge is 0.486 e. The number of nitrogens with two attached hydrogens (primary N) is 1. The van der Waals surface area contributed by atoms with Gasteiger partial charge in [0.25, 0.3) is 5.91 Å². The van der Waals surface area contributed by atoms with Gasteiger partial charge in [0.15, 0.2) is 29.3 Å². The molecule has 1 aromatic carbocycles. The summed E-state index contributed by atoms with van der Waals surface area (Å²) in [5.41, 5.74) is 7.10. The number of halogens is 2. The molecule has 1 unspecified atom stereocenters. The van der Waals surface area contributed by atoms with Crippen LogP contribution in [-0.2, 0) is 0 Å². The minimum Gasteiger partial charge on any atom is -0.486 e. The van der Waals surface area contributed by atoms with E-state index in [1.165, 1.54) is 6.39 Å². The fourth-order valence-corrected chi connectivity index (χ4v) is 3.48. The van der Waals surface area contributed by atoms with Crippen LogP contribution in [0.1, 0.15) is 30.8 Å². The number of amides is 1. The number of oxazole rings is 1. The van der Waals surface area contributed by atoms with Gasteiger partial charge in [-0.2, -0.15) is 0 Å². The summed E-state index contributed by atoms with van der Waals surface area (Å²) in [4.78, 5) is 19.0. The Kier molecular flexibility index (Phi) is 6.85. The second-order valence-electron chi connectivity index (χ2n) is 7.50. The van der Waals surface area contributed by atoms with Crippen molar-refractivity contribution in [2.75, 3.05) is 26.3 Å². The summed E-state index contributed by atoms with van der Waals surface area (Å²) in [5, 5.41) is 0. The van der Waals surface area contributed by atoms with E-state index in [-0.39, 0.29) is 42.2 Å². The lowest BCUT2D eigenvalue weighted by Gasteiger charge is -2.42. The molecule has 0 aliphatic carbocycles. The third-order valence-corrected chi connectivity index (χ3v) is 5.17. The van der Waals surface area contributed by atoms with Crippen molar-refractivity contribution >= 4 is 30.7 Å². The van der Waals surface area contributed by atoms with Crippen molar-refractivity contribution in [2.24, 2.45) is 11.1 Å². The molecule has 7 nitrogen and oxygen atoms in total. The number of ether oxygens (including phenoxy) is 2. The zero-order valence-corrected chi connectivity index (χ0v) is 17.5. The summed E-state index contributed by atoms with van der Waals surface area (Å²) >= 11 is 0. The highest BCUT2D eigenvalue weighted by Crippen LogP contribution is 2.36. The number of nitrogens with zero attached hydrogens (tertiary/aromatic N) is 2. The standard InChI is InChI=1S/C19H23N3O4.2ClH/c1-19(2)10-22(6-5-15(19)20)18(23)16-17(26-11-21-16)12-3-4-13-14(9-12)25-8-7-24-13;;/h3-4,9,11,15H,5-8,10,20H2,1-2H3;2*1H. The smallest absolute Gasteiger partial charge is 0.276 e. The van der Waals surface area contributed by atoms with Crippen molar-refractivity contribution in [1.29, 1.82) is 0 Å². The summed E-state index contributed by atoms with van der Waals surface area (Å²) in [6, 6.07) is 5.58. The van der Waals surface area contributed by atoms with Gasteiger partial charge in [0.05, 0.1) is 0 Å². The van der Waals surface area contributed by atoms with E-state index in [1.54, 1.807) is 0 Å². The molecule has 2 aromatic rings. The highest BCUT2D eigenvalue weighted by Gasteiger charge is 2.37. The van der Waals surface area contributed by atoms with Crippen LogP contribution in [0.15, 0.2) is 29.0 Å². The van der Waals surface area contributed by atoms with Crippen molar-refractivity contribution in [3.8, 4) is 22.8 Å². The zero-order valence-electron chi connectivity index (χ0n) is 15.8. The lowest BCUT2D eigenvalue weighted by molar-refractivity contribution is 0.0528. The molecule has 2 N–H and O–H groups in total. The first kappa shape index (κ1) is 22.3. The molecule has 3 heterocycles. The van der Waals surface area contributed by atoms with Gasteiger partial charge in [0, 0.05) is 24.7 Å². The van der Waals surface area contributed by atoms with E-state index in [0.717, 1.165) is 12.0 Å². The van der Waals surface area contributed by atoms with E-state index in [4.69, 9.17) is 19.6 Å². The van der Waals surface area contributed by atoms with Crippen LogP contribution in [0.25, 0.3) is 11.3 Å². The lowest BCUT2D eigenvalue weighted by atomic mass is 9.79. The second kappa shape index (κ2) is 8.59. The lowest BCUT2D eigenvalue weighted by Crippen LogP contribution is -2.54. The second-order valence-corrected chi connectivity index (χ2v) is 7.50. The quantitative estimate of drug-likeness (QED) is 0.787. The summed E-state index contributed by atoms with van der Waals surface area (Å²) in [7, 11) is 0. The molecule has 1 fully saturated rings. The number of hydrogen-bond acceptors (Lipinski definition) is 6. The first-order chi connectivity index (χ1) is 12.5. The first-order valence-corrected chi connectivity index (χ1v) is 8.84. The van der Waals surface area contributed by atoms with Gasteiger partial charge < -0.3 is 24.5 Å². The average Bonchev–Trinajstić information content (AvgIpc) is 3.12. The Bertz CT molecular complexity index is 840. The fraction of sp³-hybridized carbons (Fsp3) is 0.474. The minimum absolute atomic E-state index is 0. The third-order valence-electron chi connectivity index (χ3n) is 5.17. The van der Waals surface area contributed by atoms with Crippen LogP contribution in [-0.4, -0.2) is 48.1 Å². The number of benzene rings is 1. The van der Waals surface area contributed by atoms with Crippen LogP contribution in [0.5, 0.6) is 11.5 Å². The van der Waals surface area contributed by atoms with Gasteiger partial charge in [0.1, 0.15) is 13.2 Å². The third kappa shape index (κ3) is 4.06. The highest BCUT2D eigenvalue weighted by atomic mass is 35.5. The number of aromatic nitrogens is 1. The van der Waals surface area contributed by atoms with Crippen molar-refractivity contribution in [3.63, 3.8) is 0 Å². The Morgan fingerprint density at radius 1 is 1.21 bits per heavy atom. The minimum atomic E-state index is -0.136. The molecule has 0 spiro atoms. The monoisotopic (exact) mass is 429 g/mol. The van der Waals surface area contributed by atoms with E-state index in [2.05, 4.69) is 18.8 Å². The summed E-state index contributed by atoms with van der Waals surface area (Å²) in [5.74, 6) is 1.65. The van der Waals surface area contributed by atoms with Gasteiger partial charge in [-0.25, -0.2) is 4.98 Å². The van der Waals surface area contributed by atoms with Crippen LogP contribution in [0.3, 0.4) is 0 Å². The fourth-order valence-electron chi connectivity index (χ4n) is 3.48. The molecule has 2 aliphatic heterocycles. The molecule has 1 amide bonds. The van der Waals surface area contributed by atoms with Gasteiger partial charge in [-0.3, -0.25) is 4.79 Å². The Hall–Kier alpha value is -1.96. The van der Waals surface area contributed by atoms with E-state index in [0.29, 0.717) is 49.3 Å². The maximum Gasteiger partial charge on any atom is 0.276 e. The number of rotatable bonds is 2. The van der Waals surface area contributed by atoms with E-state index in [1.807, 2.05) is 23.1 Å². The van der Waals surface area contributed by atoms with Gasteiger partial charge in [-0.1, -0.05) is 13.8 Å². The van der Waals surface area contributed by atoms with Gasteiger partial charge in [-0.15, -0.1) is 24.8 Å². The number of likely N-dealkylation sites (tertiary alicyclic amines) is 1. The molecule has 4 rings (SSSR count). The van der Waals surface area contributed by atoms with E-state index >= 15 is 0 Å². The number of carbonyl (C=O) groups is 1. The SMILES string of the molecule is CC1(C)CN(C(=O)c2ncoc2-c2ccc3c(c2)OCCO3)CCC1N.Cl.Cl. The molecule has 1 saturated heterocycles. The van der Waals surface area contributed by atoms with E-state index < -0.39 is 0 Å². The number of hydrogen-bond donors (Lipinski definition) is 1. The van der Waals surface area contributed by atoms with Crippen LogP contribution in [0.2, 0.25) is 0 Å². The molecule has 0 saturated carbocycles. The number of fused-ring (bicyclic) bond motifs is 1. The van der Waals surface area contributed by atoms with Crippen molar-refractivity contribution in [3.05, 3.63) is 30.3 Å². The van der Waals surface area contributed by atoms with E-state index in [9.17, 15) is 4.79 Å². The molecule has 0 bridgehead atoms. The normalized spacial score (nSPS) is 20.0. The topological polar surface area (TPSA) is 90.8 Å². The number of piperidine rings is 1. The first-order valence-electron chi connectivity index (χ1n) is 8.84. The zero-order chi connectivity index (χ0) is 18.3. The van der Waals surface area contributed by atoms with Crippen LogP contribution in [0, 0.1) is 5.41 Å². The summed E-state index contributed by atoms with van der Waals surface area (Å²) < 4.78 is 16.7.